The maximum absolute atomic E-state index is 10.6. The Hall–Kier alpha value is -4.80. The van der Waals surface area contributed by atoms with Gasteiger partial charge in [-0.1, -0.05) is 87.5 Å². The van der Waals surface area contributed by atoms with Gasteiger partial charge in [0.25, 0.3) is 0 Å². The van der Waals surface area contributed by atoms with Crippen LogP contribution in [0.25, 0.3) is 65.1 Å². The summed E-state index contributed by atoms with van der Waals surface area (Å²) >= 11 is 1.68. The molecule has 2 heterocycles. The number of hydrogen-bond donors (Lipinski definition) is 1. The van der Waals surface area contributed by atoms with Crippen LogP contribution in [-0.4, -0.2) is 15.1 Å². The van der Waals surface area contributed by atoms with Gasteiger partial charge in [-0.3, -0.25) is 4.98 Å². The second-order valence-corrected chi connectivity index (χ2v) is 12.7. The van der Waals surface area contributed by atoms with Crippen LogP contribution in [0.3, 0.4) is 0 Å². The number of pyridine rings is 1. The molecule has 3 nitrogen and oxygen atoms in total. The van der Waals surface area contributed by atoms with E-state index in [9.17, 15) is 5.11 Å². The fraction of sp³-hybridized carbons (Fsp3) is 0.105. The normalized spacial score (nSPS) is 11.8. The molecule has 0 radical (unpaired) electrons. The summed E-state index contributed by atoms with van der Waals surface area (Å²) in [5, 5.41) is 12.7. The molecule has 2 aromatic heterocycles. The smallest absolute Gasteiger partial charge is 0.124 e. The van der Waals surface area contributed by atoms with E-state index >= 15 is 0 Å². The van der Waals surface area contributed by atoms with Gasteiger partial charge in [0.2, 0.25) is 0 Å². The Balaban J connectivity index is 1.48. The van der Waals surface area contributed by atoms with Crippen LogP contribution in [0.4, 0.5) is 0 Å². The van der Waals surface area contributed by atoms with Gasteiger partial charge in [0.1, 0.15) is 10.8 Å². The summed E-state index contributed by atoms with van der Waals surface area (Å²) in [5.41, 5.74) is 10.4. The number of para-hydroxylation sites is 2. The standard InChI is InChI=1S/C38H30N2OS/c1-38(2,3)29-22-25-13-10-18-39-35(25)32(23-29)27-19-26(24-11-5-4-6-12-24)20-28(21-27)37-40-36-31(15-9-17-34(36)42-37)30-14-7-8-16-33(30)41/h4-23,41H,1-3H3. The SMILES string of the molecule is CC(C)(C)c1cc(-c2cc(-c3ccccc3)cc(-c3nc4c(-c5ccccc5O)cccc4s3)c2)c2ncccc2c1. The van der Waals surface area contributed by atoms with E-state index in [2.05, 4.69) is 87.5 Å². The van der Waals surface area contributed by atoms with Crippen molar-refractivity contribution in [1.82, 2.24) is 9.97 Å². The van der Waals surface area contributed by atoms with E-state index < -0.39 is 0 Å². The Labute approximate surface area is 249 Å². The molecule has 0 aliphatic rings. The quantitative estimate of drug-likeness (QED) is 0.232. The molecule has 0 saturated heterocycles. The Morgan fingerprint density at radius 2 is 1.33 bits per heavy atom. The molecule has 0 unspecified atom stereocenters. The second kappa shape index (κ2) is 10.2. The summed E-state index contributed by atoms with van der Waals surface area (Å²) in [6.07, 6.45) is 1.87. The monoisotopic (exact) mass is 562 g/mol. The second-order valence-electron chi connectivity index (χ2n) is 11.7. The maximum Gasteiger partial charge on any atom is 0.124 e. The molecule has 204 valence electrons. The van der Waals surface area contributed by atoms with Crippen molar-refractivity contribution in [2.45, 2.75) is 26.2 Å². The third-order valence-electron chi connectivity index (χ3n) is 7.78. The third-order valence-corrected chi connectivity index (χ3v) is 8.85. The van der Waals surface area contributed by atoms with E-state index in [-0.39, 0.29) is 11.2 Å². The van der Waals surface area contributed by atoms with Crippen molar-refractivity contribution >= 4 is 32.5 Å². The molecule has 5 aromatic carbocycles. The summed E-state index contributed by atoms with van der Waals surface area (Å²) in [7, 11) is 0. The highest BCUT2D eigenvalue weighted by Crippen LogP contribution is 2.42. The zero-order valence-electron chi connectivity index (χ0n) is 23.8. The van der Waals surface area contributed by atoms with E-state index in [1.807, 2.05) is 48.7 Å². The van der Waals surface area contributed by atoms with Gasteiger partial charge in [-0.15, -0.1) is 11.3 Å². The predicted octanol–water partition coefficient (Wildman–Crippen LogP) is 10.5. The van der Waals surface area contributed by atoms with Crippen molar-refractivity contribution in [2.24, 2.45) is 0 Å². The molecule has 42 heavy (non-hydrogen) atoms. The average Bonchev–Trinajstić information content (AvgIpc) is 3.46. The van der Waals surface area contributed by atoms with Crippen LogP contribution in [0.15, 0.2) is 121 Å². The Kier molecular flexibility index (Phi) is 6.37. The first kappa shape index (κ1) is 26.1. The van der Waals surface area contributed by atoms with Crippen LogP contribution in [0.2, 0.25) is 0 Å². The Bertz CT molecular complexity index is 2090. The minimum atomic E-state index is -0.00885. The number of benzene rings is 5. The molecular formula is C38H30N2OS. The van der Waals surface area contributed by atoms with Gasteiger partial charge in [0.05, 0.1) is 15.7 Å². The highest BCUT2D eigenvalue weighted by Gasteiger charge is 2.19. The topological polar surface area (TPSA) is 46.0 Å². The van der Waals surface area contributed by atoms with E-state index in [1.165, 1.54) is 5.56 Å². The van der Waals surface area contributed by atoms with Gasteiger partial charge < -0.3 is 5.11 Å². The number of rotatable bonds is 4. The van der Waals surface area contributed by atoms with Crippen LogP contribution in [-0.2, 0) is 5.41 Å². The molecular weight excluding hydrogens is 532 g/mol. The molecule has 7 rings (SSSR count). The number of hydrogen-bond acceptors (Lipinski definition) is 4. The van der Waals surface area contributed by atoms with Gasteiger partial charge in [-0.2, -0.15) is 0 Å². The van der Waals surface area contributed by atoms with Gasteiger partial charge >= 0.3 is 0 Å². The summed E-state index contributed by atoms with van der Waals surface area (Å²) in [5.74, 6) is 0.256. The van der Waals surface area contributed by atoms with Crippen LogP contribution in [0.1, 0.15) is 26.3 Å². The van der Waals surface area contributed by atoms with Gasteiger partial charge in [0, 0.05) is 33.8 Å². The molecule has 4 heteroatoms. The molecule has 0 fully saturated rings. The van der Waals surface area contributed by atoms with Gasteiger partial charge in [0.15, 0.2) is 0 Å². The van der Waals surface area contributed by atoms with Crippen LogP contribution in [0.5, 0.6) is 5.75 Å². The van der Waals surface area contributed by atoms with Crippen molar-refractivity contribution in [1.29, 1.82) is 0 Å². The molecule has 0 amide bonds. The summed E-state index contributed by atoms with van der Waals surface area (Å²) in [6, 6.07) is 39.6. The van der Waals surface area contributed by atoms with Crippen LogP contribution in [0, 0.1) is 0 Å². The first-order valence-corrected chi connectivity index (χ1v) is 15.0. The Morgan fingerprint density at radius 3 is 2.14 bits per heavy atom. The van der Waals surface area contributed by atoms with Crippen molar-refractivity contribution in [3.05, 3.63) is 127 Å². The average molecular weight is 563 g/mol. The van der Waals surface area contributed by atoms with E-state index in [1.54, 1.807) is 17.4 Å². The number of phenols is 1. The first-order valence-electron chi connectivity index (χ1n) is 14.1. The lowest BCUT2D eigenvalue weighted by molar-refractivity contribution is 0.477. The molecule has 0 atom stereocenters. The molecule has 0 saturated carbocycles. The molecule has 0 bridgehead atoms. The van der Waals surface area contributed by atoms with Crippen molar-refractivity contribution < 1.29 is 5.11 Å². The fourth-order valence-corrected chi connectivity index (χ4v) is 6.52. The number of aromatic hydroxyl groups is 1. The minimum absolute atomic E-state index is 0.00885. The number of aromatic nitrogens is 2. The third kappa shape index (κ3) is 4.74. The Morgan fingerprint density at radius 1 is 0.595 bits per heavy atom. The summed E-state index contributed by atoms with van der Waals surface area (Å²) in [4.78, 5) is 10.0. The zero-order chi connectivity index (χ0) is 28.8. The van der Waals surface area contributed by atoms with Crippen LogP contribution < -0.4 is 0 Å². The van der Waals surface area contributed by atoms with E-state index in [0.717, 1.165) is 65.1 Å². The lowest BCUT2D eigenvalue weighted by Gasteiger charge is -2.21. The molecule has 0 aliphatic heterocycles. The van der Waals surface area contributed by atoms with Crippen molar-refractivity contribution in [3.8, 4) is 49.7 Å². The maximum atomic E-state index is 10.6. The van der Waals surface area contributed by atoms with Crippen molar-refractivity contribution in [2.75, 3.05) is 0 Å². The highest BCUT2D eigenvalue weighted by atomic mass is 32.1. The number of nitrogens with zero attached hydrogens (tertiary/aromatic N) is 2. The highest BCUT2D eigenvalue weighted by molar-refractivity contribution is 7.21. The lowest BCUT2D eigenvalue weighted by atomic mass is 9.83. The molecule has 0 aliphatic carbocycles. The predicted molar refractivity (Wildman–Crippen MR) is 177 cm³/mol. The summed E-state index contributed by atoms with van der Waals surface area (Å²) < 4.78 is 1.08. The van der Waals surface area contributed by atoms with E-state index in [4.69, 9.17) is 9.97 Å². The molecule has 1 N–H and O–H groups in total. The van der Waals surface area contributed by atoms with E-state index in [0.29, 0.717) is 0 Å². The number of fused-ring (bicyclic) bond motifs is 2. The zero-order valence-corrected chi connectivity index (χ0v) is 24.6. The largest absolute Gasteiger partial charge is 0.507 e. The van der Waals surface area contributed by atoms with Crippen LogP contribution >= 0.6 is 11.3 Å². The number of thiazole rings is 1. The molecule has 7 aromatic rings. The summed E-state index contributed by atoms with van der Waals surface area (Å²) in [6.45, 7) is 6.76. The van der Waals surface area contributed by atoms with Crippen molar-refractivity contribution in [3.63, 3.8) is 0 Å². The number of phenolic OH excluding ortho intramolecular Hbond substituents is 1. The minimum Gasteiger partial charge on any atom is -0.507 e. The van der Waals surface area contributed by atoms with Gasteiger partial charge in [-0.25, -0.2) is 4.98 Å². The molecule has 0 spiro atoms. The fourth-order valence-electron chi connectivity index (χ4n) is 5.54. The lowest BCUT2D eigenvalue weighted by Crippen LogP contribution is -2.11. The first-order chi connectivity index (χ1) is 20.3. The van der Waals surface area contributed by atoms with Gasteiger partial charge in [-0.05, 0) is 76.2 Å².